The van der Waals surface area contributed by atoms with Gasteiger partial charge in [0.05, 0.1) is 0 Å². The van der Waals surface area contributed by atoms with Crippen LogP contribution in [0.2, 0.25) is 0 Å². The molecule has 2 heteroatoms. The Morgan fingerprint density at radius 3 is 2.21 bits per heavy atom. The van der Waals surface area contributed by atoms with E-state index in [1.807, 2.05) is 20.8 Å². The molecular formula is C22H40O2. The Bertz CT molecular complexity index is 438. The molecule has 1 atom stereocenters. The van der Waals surface area contributed by atoms with Crippen LogP contribution in [0.1, 0.15) is 91.7 Å². The Balaban J connectivity index is 0.00000254. The Kier molecular flexibility index (Phi) is 11.8. The minimum absolute atomic E-state index is 0.146. The summed E-state index contributed by atoms with van der Waals surface area (Å²) in [6.45, 7) is 17.8. The zero-order chi connectivity index (χ0) is 18.6. The quantitative estimate of drug-likeness (QED) is 0.337. The molecule has 0 aliphatic heterocycles. The van der Waals surface area contributed by atoms with Crippen molar-refractivity contribution < 1.29 is 9.47 Å². The molecule has 0 saturated carbocycles. The molecule has 140 valence electrons. The predicted molar refractivity (Wildman–Crippen MR) is 106 cm³/mol. The largest absolute Gasteiger partial charge is 0.465 e. The third-order valence-corrected chi connectivity index (χ3v) is 4.31. The van der Waals surface area contributed by atoms with Crippen molar-refractivity contribution >= 4 is 0 Å². The van der Waals surface area contributed by atoms with Crippen molar-refractivity contribution in [3.8, 4) is 5.75 Å². The number of rotatable bonds is 10. The summed E-state index contributed by atoms with van der Waals surface area (Å²) in [7, 11) is 0. The molecule has 0 radical (unpaired) electrons. The highest BCUT2D eigenvalue weighted by atomic mass is 16.7. The molecule has 0 amide bonds. The molecule has 1 aromatic carbocycles. The molecule has 0 spiro atoms. The van der Waals surface area contributed by atoms with Crippen LogP contribution in [0, 0.1) is 6.92 Å². The van der Waals surface area contributed by atoms with Gasteiger partial charge in [-0.05, 0) is 42.9 Å². The molecule has 0 fully saturated rings. The predicted octanol–water partition coefficient (Wildman–Crippen LogP) is 7.03. The van der Waals surface area contributed by atoms with Crippen LogP contribution in [0.25, 0.3) is 0 Å². The van der Waals surface area contributed by atoms with E-state index in [0.29, 0.717) is 6.61 Å². The van der Waals surface area contributed by atoms with Gasteiger partial charge in [-0.2, -0.15) is 0 Å². The molecular weight excluding hydrogens is 296 g/mol. The number of benzene rings is 1. The summed E-state index contributed by atoms with van der Waals surface area (Å²) in [4.78, 5) is 0. The lowest BCUT2D eigenvalue weighted by Gasteiger charge is -2.27. The van der Waals surface area contributed by atoms with Crippen molar-refractivity contribution in [1.29, 1.82) is 0 Å². The summed E-state index contributed by atoms with van der Waals surface area (Å²) >= 11 is 0. The van der Waals surface area contributed by atoms with Gasteiger partial charge in [0.25, 0.3) is 0 Å². The van der Waals surface area contributed by atoms with E-state index in [9.17, 15) is 0 Å². The van der Waals surface area contributed by atoms with E-state index in [0.717, 1.165) is 12.2 Å². The highest BCUT2D eigenvalue weighted by Gasteiger charge is 2.21. The molecule has 0 saturated heterocycles. The molecule has 2 nitrogen and oxygen atoms in total. The molecule has 0 aromatic heterocycles. The second kappa shape index (κ2) is 12.4. The Morgan fingerprint density at radius 1 is 1.04 bits per heavy atom. The molecule has 0 heterocycles. The summed E-state index contributed by atoms with van der Waals surface area (Å²) in [6.07, 6.45) is 5.83. The molecule has 1 unspecified atom stereocenters. The van der Waals surface area contributed by atoms with E-state index >= 15 is 0 Å². The van der Waals surface area contributed by atoms with E-state index in [2.05, 4.69) is 52.8 Å². The van der Waals surface area contributed by atoms with E-state index in [1.54, 1.807) is 0 Å². The zero-order valence-corrected chi connectivity index (χ0v) is 17.4. The Labute approximate surface area is 151 Å². The molecule has 0 aliphatic carbocycles. The van der Waals surface area contributed by atoms with Crippen LogP contribution in [-0.2, 0) is 10.2 Å². The van der Waals surface area contributed by atoms with Crippen LogP contribution in [0.3, 0.4) is 0 Å². The fourth-order valence-electron chi connectivity index (χ4n) is 2.73. The fraction of sp³-hybridized carbons (Fsp3) is 0.727. The average molecular weight is 337 g/mol. The van der Waals surface area contributed by atoms with Gasteiger partial charge in [0.1, 0.15) is 5.75 Å². The summed E-state index contributed by atoms with van der Waals surface area (Å²) in [5.41, 5.74) is 2.82. The standard InChI is InChI=1S/C20H34O2.C2H6/c1-7-10-11-14-20(5,6)17-12-13-18(16(4)15-17)22-19(8-2)21-9-3;1-2/h12-13,15,19H,7-11,14H2,1-6H3;1-2H3. The SMILES string of the molecule is CC.CCCCCC(C)(C)c1ccc(OC(CC)OCC)c(C)c1. The Hall–Kier alpha value is -1.02. The zero-order valence-electron chi connectivity index (χ0n) is 17.4. The second-order valence-corrected chi connectivity index (χ2v) is 6.73. The molecule has 24 heavy (non-hydrogen) atoms. The minimum atomic E-state index is -0.146. The van der Waals surface area contributed by atoms with Gasteiger partial charge in [-0.25, -0.2) is 0 Å². The normalized spacial score (nSPS) is 12.3. The number of unbranched alkanes of at least 4 members (excludes halogenated alkanes) is 2. The lowest BCUT2D eigenvalue weighted by atomic mass is 9.79. The van der Waals surface area contributed by atoms with Crippen LogP contribution in [0.4, 0.5) is 0 Å². The van der Waals surface area contributed by atoms with Gasteiger partial charge in [-0.15, -0.1) is 0 Å². The lowest BCUT2D eigenvalue weighted by molar-refractivity contribution is -0.0769. The van der Waals surface area contributed by atoms with Crippen molar-refractivity contribution in [3.63, 3.8) is 0 Å². The van der Waals surface area contributed by atoms with Crippen molar-refractivity contribution in [2.75, 3.05) is 6.61 Å². The molecule has 0 N–H and O–H groups in total. The van der Waals surface area contributed by atoms with Crippen molar-refractivity contribution in [2.45, 2.75) is 99.2 Å². The second-order valence-electron chi connectivity index (χ2n) is 6.73. The number of aryl methyl sites for hydroxylation is 1. The number of hydrogen-bond donors (Lipinski definition) is 0. The molecule has 1 aromatic rings. The first-order chi connectivity index (χ1) is 11.4. The molecule has 0 bridgehead atoms. The Morgan fingerprint density at radius 2 is 1.71 bits per heavy atom. The van der Waals surface area contributed by atoms with Crippen LogP contribution in [0.15, 0.2) is 18.2 Å². The van der Waals surface area contributed by atoms with E-state index in [4.69, 9.17) is 9.47 Å². The average Bonchev–Trinajstić information content (AvgIpc) is 2.57. The van der Waals surface area contributed by atoms with Crippen LogP contribution in [0.5, 0.6) is 5.75 Å². The van der Waals surface area contributed by atoms with Crippen LogP contribution < -0.4 is 4.74 Å². The van der Waals surface area contributed by atoms with E-state index in [-0.39, 0.29) is 11.7 Å². The lowest BCUT2D eigenvalue weighted by Crippen LogP contribution is -2.20. The maximum absolute atomic E-state index is 5.98. The highest BCUT2D eigenvalue weighted by Crippen LogP contribution is 2.32. The topological polar surface area (TPSA) is 18.5 Å². The van der Waals surface area contributed by atoms with Crippen molar-refractivity contribution in [2.24, 2.45) is 0 Å². The molecule has 0 aliphatic rings. The third-order valence-electron chi connectivity index (χ3n) is 4.31. The van der Waals surface area contributed by atoms with Gasteiger partial charge in [-0.3, -0.25) is 0 Å². The summed E-state index contributed by atoms with van der Waals surface area (Å²) in [6, 6.07) is 6.60. The van der Waals surface area contributed by atoms with Gasteiger partial charge in [0, 0.05) is 13.0 Å². The first-order valence-corrected chi connectivity index (χ1v) is 9.84. The highest BCUT2D eigenvalue weighted by molar-refractivity contribution is 5.39. The maximum atomic E-state index is 5.98. The summed E-state index contributed by atoms with van der Waals surface area (Å²) in [5.74, 6) is 0.938. The monoisotopic (exact) mass is 336 g/mol. The summed E-state index contributed by atoms with van der Waals surface area (Å²) in [5, 5.41) is 0. The summed E-state index contributed by atoms with van der Waals surface area (Å²) < 4.78 is 11.6. The first kappa shape index (κ1) is 23.0. The van der Waals surface area contributed by atoms with Gasteiger partial charge < -0.3 is 9.47 Å². The smallest absolute Gasteiger partial charge is 0.199 e. The number of hydrogen-bond acceptors (Lipinski definition) is 2. The van der Waals surface area contributed by atoms with Gasteiger partial charge in [0.2, 0.25) is 0 Å². The maximum Gasteiger partial charge on any atom is 0.199 e. The number of ether oxygens (including phenoxy) is 2. The fourth-order valence-corrected chi connectivity index (χ4v) is 2.73. The van der Waals surface area contributed by atoms with Gasteiger partial charge in [-0.1, -0.05) is 72.9 Å². The van der Waals surface area contributed by atoms with Gasteiger partial charge >= 0.3 is 0 Å². The van der Waals surface area contributed by atoms with Crippen LogP contribution >= 0.6 is 0 Å². The minimum Gasteiger partial charge on any atom is -0.465 e. The molecule has 1 rings (SSSR count). The first-order valence-electron chi connectivity index (χ1n) is 9.84. The van der Waals surface area contributed by atoms with Crippen molar-refractivity contribution in [3.05, 3.63) is 29.3 Å². The van der Waals surface area contributed by atoms with Crippen LogP contribution in [-0.4, -0.2) is 12.9 Å². The van der Waals surface area contributed by atoms with E-state index in [1.165, 1.54) is 36.8 Å². The van der Waals surface area contributed by atoms with Crippen molar-refractivity contribution in [1.82, 2.24) is 0 Å². The van der Waals surface area contributed by atoms with E-state index < -0.39 is 0 Å². The van der Waals surface area contributed by atoms with Gasteiger partial charge in [0.15, 0.2) is 6.29 Å². The third kappa shape index (κ3) is 7.70.